The fraction of sp³-hybridized carbons (Fsp3) is 0.538. The van der Waals surface area contributed by atoms with E-state index in [9.17, 15) is 0 Å². The van der Waals surface area contributed by atoms with Gasteiger partial charge in [-0.1, -0.05) is 25.5 Å². The Morgan fingerprint density at radius 3 is 2.88 bits per heavy atom. The molecule has 4 heteroatoms. The molecule has 0 amide bonds. The smallest absolute Gasteiger partial charge is 0.187 e. The summed E-state index contributed by atoms with van der Waals surface area (Å²) >= 11 is 5.08. The molecular formula is C13H21N3S. The Labute approximate surface area is 109 Å². The molecule has 1 aliphatic carbocycles. The highest BCUT2D eigenvalue weighted by molar-refractivity contribution is 7.80. The number of nitrogens with one attached hydrogen (secondary N) is 2. The first kappa shape index (κ1) is 13.9. The summed E-state index contributed by atoms with van der Waals surface area (Å²) in [5.74, 6) is 0. The van der Waals surface area contributed by atoms with Gasteiger partial charge in [-0.25, -0.2) is 0 Å². The molecule has 0 aromatic heterocycles. The van der Waals surface area contributed by atoms with Gasteiger partial charge in [-0.2, -0.15) is 5.10 Å². The molecule has 0 bridgehead atoms. The molecule has 0 aromatic carbocycles. The third kappa shape index (κ3) is 5.13. The van der Waals surface area contributed by atoms with Crippen LogP contribution in [0.3, 0.4) is 0 Å². The van der Waals surface area contributed by atoms with E-state index in [1.54, 1.807) is 6.08 Å². The first-order valence-electron chi connectivity index (χ1n) is 5.81. The number of allylic oxidation sites excluding steroid dienone is 2. The van der Waals surface area contributed by atoms with E-state index in [1.807, 2.05) is 0 Å². The van der Waals surface area contributed by atoms with Crippen LogP contribution in [0.5, 0.6) is 0 Å². The Hall–Kier alpha value is -1.16. The zero-order chi connectivity index (χ0) is 12.9. The quantitative estimate of drug-likeness (QED) is 0.460. The van der Waals surface area contributed by atoms with Crippen molar-refractivity contribution in [3.05, 3.63) is 24.3 Å². The molecule has 0 aliphatic heterocycles. The van der Waals surface area contributed by atoms with Crippen molar-refractivity contribution in [3.63, 3.8) is 0 Å². The zero-order valence-electron chi connectivity index (χ0n) is 10.8. The molecule has 0 spiro atoms. The van der Waals surface area contributed by atoms with E-state index in [1.165, 1.54) is 5.57 Å². The molecular weight excluding hydrogens is 230 g/mol. The maximum Gasteiger partial charge on any atom is 0.187 e. The molecule has 0 atom stereocenters. The standard InChI is InChI=1S/C13H21N3S/c1-5-6-14-12(17)16-15-11-7-10(2)8-13(3,4)9-11/h5,7H,1,6,8-9H2,2-4H3,(H2,14,16,17)/b15-11-. The molecule has 0 saturated carbocycles. The van der Waals surface area contributed by atoms with Crippen molar-refractivity contribution in [1.29, 1.82) is 0 Å². The van der Waals surface area contributed by atoms with E-state index in [0.717, 1.165) is 18.6 Å². The van der Waals surface area contributed by atoms with E-state index >= 15 is 0 Å². The molecule has 0 heterocycles. The number of hydrogen-bond donors (Lipinski definition) is 2. The number of nitrogens with zero attached hydrogens (tertiary/aromatic N) is 1. The van der Waals surface area contributed by atoms with Crippen molar-refractivity contribution >= 4 is 23.0 Å². The van der Waals surface area contributed by atoms with Crippen LogP contribution in [0.4, 0.5) is 0 Å². The second-order valence-corrected chi connectivity index (χ2v) is 5.63. The van der Waals surface area contributed by atoms with Crippen LogP contribution in [0.15, 0.2) is 29.4 Å². The van der Waals surface area contributed by atoms with Crippen molar-refractivity contribution in [3.8, 4) is 0 Å². The number of hydrogen-bond acceptors (Lipinski definition) is 2. The van der Waals surface area contributed by atoms with E-state index in [-0.39, 0.29) is 5.41 Å². The number of rotatable bonds is 3. The summed E-state index contributed by atoms with van der Waals surface area (Å²) in [6.45, 7) is 10.9. The third-order valence-corrected chi connectivity index (χ3v) is 2.77. The Bertz CT molecular complexity index is 367. The molecule has 3 nitrogen and oxygen atoms in total. The first-order valence-corrected chi connectivity index (χ1v) is 6.22. The molecule has 0 fully saturated rings. The average Bonchev–Trinajstić information content (AvgIpc) is 2.20. The van der Waals surface area contributed by atoms with Crippen molar-refractivity contribution in [1.82, 2.24) is 10.7 Å². The van der Waals surface area contributed by atoms with E-state index in [0.29, 0.717) is 11.7 Å². The van der Waals surface area contributed by atoms with Gasteiger partial charge in [-0.3, -0.25) is 5.43 Å². The summed E-state index contributed by atoms with van der Waals surface area (Å²) in [4.78, 5) is 0. The maximum atomic E-state index is 5.08. The molecule has 17 heavy (non-hydrogen) atoms. The fourth-order valence-electron chi connectivity index (χ4n) is 2.09. The average molecular weight is 251 g/mol. The van der Waals surface area contributed by atoms with Gasteiger partial charge in [0.1, 0.15) is 0 Å². The van der Waals surface area contributed by atoms with Crippen LogP contribution in [-0.4, -0.2) is 17.4 Å². The lowest BCUT2D eigenvalue weighted by Gasteiger charge is -2.29. The van der Waals surface area contributed by atoms with Crippen LogP contribution < -0.4 is 10.7 Å². The van der Waals surface area contributed by atoms with Gasteiger partial charge in [0.2, 0.25) is 0 Å². The lowest BCUT2D eigenvalue weighted by atomic mass is 9.77. The predicted octanol–water partition coefficient (Wildman–Crippen LogP) is 2.76. The molecule has 0 saturated heterocycles. The van der Waals surface area contributed by atoms with Crippen molar-refractivity contribution in [2.45, 2.75) is 33.6 Å². The first-order chi connectivity index (χ1) is 7.93. The van der Waals surface area contributed by atoms with E-state index in [4.69, 9.17) is 12.2 Å². The summed E-state index contributed by atoms with van der Waals surface area (Å²) in [5, 5.41) is 7.85. The summed E-state index contributed by atoms with van der Waals surface area (Å²) in [5.41, 5.74) is 5.57. The SMILES string of the molecule is C=CCNC(=S)N/N=C1/C=C(C)CC(C)(C)C1. The van der Waals surface area contributed by atoms with Crippen LogP contribution in [0, 0.1) is 5.41 Å². The van der Waals surface area contributed by atoms with Gasteiger partial charge < -0.3 is 5.32 Å². The van der Waals surface area contributed by atoms with Gasteiger partial charge in [0.05, 0.1) is 5.71 Å². The summed E-state index contributed by atoms with van der Waals surface area (Å²) < 4.78 is 0. The van der Waals surface area contributed by atoms with Gasteiger partial charge >= 0.3 is 0 Å². The van der Waals surface area contributed by atoms with Gasteiger partial charge in [0.25, 0.3) is 0 Å². The van der Waals surface area contributed by atoms with Crippen LogP contribution >= 0.6 is 12.2 Å². The zero-order valence-corrected chi connectivity index (χ0v) is 11.7. The van der Waals surface area contributed by atoms with E-state index < -0.39 is 0 Å². The van der Waals surface area contributed by atoms with E-state index in [2.05, 4.69) is 49.3 Å². The molecule has 0 unspecified atom stereocenters. The van der Waals surface area contributed by atoms with Crippen LogP contribution in [-0.2, 0) is 0 Å². The van der Waals surface area contributed by atoms with Crippen LogP contribution in [0.2, 0.25) is 0 Å². The highest BCUT2D eigenvalue weighted by Crippen LogP contribution is 2.33. The lowest BCUT2D eigenvalue weighted by molar-refractivity contribution is 0.373. The summed E-state index contributed by atoms with van der Waals surface area (Å²) in [6.07, 6.45) is 6.00. The van der Waals surface area contributed by atoms with Crippen molar-refractivity contribution in [2.75, 3.05) is 6.54 Å². The minimum absolute atomic E-state index is 0.287. The van der Waals surface area contributed by atoms with Crippen LogP contribution in [0.1, 0.15) is 33.6 Å². The van der Waals surface area contributed by atoms with Gasteiger partial charge in [0, 0.05) is 6.54 Å². The topological polar surface area (TPSA) is 36.4 Å². The van der Waals surface area contributed by atoms with Gasteiger partial charge in [-0.15, -0.1) is 6.58 Å². The Balaban J connectivity index is 2.57. The van der Waals surface area contributed by atoms with Gasteiger partial charge in [0.15, 0.2) is 5.11 Å². The molecule has 94 valence electrons. The largest absolute Gasteiger partial charge is 0.358 e. The number of thiocarbonyl (C=S) groups is 1. The molecule has 1 aliphatic rings. The predicted molar refractivity (Wildman–Crippen MR) is 78.1 cm³/mol. The molecule has 0 aromatic rings. The number of hydrazone groups is 1. The van der Waals surface area contributed by atoms with Gasteiger partial charge in [-0.05, 0) is 43.5 Å². The molecule has 1 rings (SSSR count). The fourth-order valence-corrected chi connectivity index (χ4v) is 2.22. The Morgan fingerprint density at radius 1 is 1.59 bits per heavy atom. The monoisotopic (exact) mass is 251 g/mol. The minimum atomic E-state index is 0.287. The summed E-state index contributed by atoms with van der Waals surface area (Å²) in [6, 6.07) is 0. The third-order valence-electron chi connectivity index (χ3n) is 2.54. The molecule has 0 radical (unpaired) electrons. The Kier molecular flexibility index (Phi) is 4.87. The minimum Gasteiger partial charge on any atom is -0.358 e. The highest BCUT2D eigenvalue weighted by Gasteiger charge is 2.24. The highest BCUT2D eigenvalue weighted by atomic mass is 32.1. The second-order valence-electron chi connectivity index (χ2n) is 5.22. The van der Waals surface area contributed by atoms with Crippen molar-refractivity contribution in [2.24, 2.45) is 10.5 Å². The van der Waals surface area contributed by atoms with Crippen LogP contribution in [0.25, 0.3) is 0 Å². The molecule has 2 N–H and O–H groups in total. The lowest BCUT2D eigenvalue weighted by Crippen LogP contribution is -2.33. The maximum absolute atomic E-state index is 5.08. The second kappa shape index (κ2) is 5.96. The Morgan fingerprint density at radius 2 is 2.29 bits per heavy atom. The summed E-state index contributed by atoms with van der Waals surface area (Å²) in [7, 11) is 0. The normalized spacial score (nSPS) is 20.6. The van der Waals surface area contributed by atoms with Crippen molar-refractivity contribution < 1.29 is 0 Å².